The van der Waals surface area contributed by atoms with Crippen molar-refractivity contribution >= 4 is 11.8 Å². The van der Waals surface area contributed by atoms with Gasteiger partial charge in [-0.2, -0.15) is 0 Å². The summed E-state index contributed by atoms with van der Waals surface area (Å²) in [6.07, 6.45) is 1.17. The average molecular weight is 519 g/mol. The van der Waals surface area contributed by atoms with Crippen LogP contribution in [0.1, 0.15) is 37.0 Å². The maximum absolute atomic E-state index is 13.8. The van der Waals surface area contributed by atoms with Gasteiger partial charge in [0.05, 0.1) is 14.2 Å². The molecular weight excluding hydrogens is 480 g/mol. The minimum atomic E-state index is -0.720. The number of benzene rings is 3. The third-order valence-corrected chi connectivity index (χ3v) is 6.39. The highest BCUT2D eigenvalue weighted by molar-refractivity contribution is 5.88. The maximum atomic E-state index is 13.8. The van der Waals surface area contributed by atoms with E-state index in [2.05, 4.69) is 5.32 Å². The number of amides is 2. The molecule has 7 heteroatoms. The minimum absolute atomic E-state index is 0.0165. The number of hydrogen-bond donors (Lipinski definition) is 1. The number of nitrogens with zero attached hydrogens (tertiary/aromatic N) is 1. The fourth-order valence-corrected chi connectivity index (χ4v) is 4.09. The minimum Gasteiger partial charge on any atom is -0.496 e. The Morgan fingerprint density at radius 2 is 1.50 bits per heavy atom. The average Bonchev–Trinajstić information content (AvgIpc) is 2.93. The molecule has 3 rings (SSSR count). The molecule has 0 radical (unpaired) electrons. The van der Waals surface area contributed by atoms with Crippen molar-refractivity contribution in [2.24, 2.45) is 0 Å². The third-order valence-electron chi connectivity index (χ3n) is 6.39. The predicted molar refractivity (Wildman–Crippen MR) is 149 cm³/mol. The molecule has 0 saturated carbocycles. The molecule has 0 bridgehead atoms. The highest BCUT2D eigenvalue weighted by Crippen LogP contribution is 2.27. The molecule has 0 fully saturated rings. The third kappa shape index (κ3) is 8.26. The van der Waals surface area contributed by atoms with Crippen LogP contribution in [0.3, 0.4) is 0 Å². The normalized spacial score (nSPS) is 12.2. The zero-order chi connectivity index (χ0) is 27.5. The molecule has 0 unspecified atom stereocenters. The monoisotopic (exact) mass is 518 g/mol. The van der Waals surface area contributed by atoms with Crippen molar-refractivity contribution in [1.29, 1.82) is 0 Å². The Bertz CT molecular complexity index is 1180. The van der Waals surface area contributed by atoms with Crippen LogP contribution in [0, 0.1) is 6.92 Å². The Morgan fingerprint density at radius 1 is 0.868 bits per heavy atom. The second kappa shape index (κ2) is 14.1. The van der Waals surface area contributed by atoms with Gasteiger partial charge in [0.2, 0.25) is 5.91 Å². The van der Waals surface area contributed by atoms with Crippen molar-refractivity contribution in [2.75, 3.05) is 20.8 Å². The van der Waals surface area contributed by atoms with E-state index in [1.807, 2.05) is 75.4 Å². The lowest BCUT2D eigenvalue weighted by molar-refractivity contribution is -0.143. The number of nitrogens with one attached hydrogen (secondary N) is 1. The largest absolute Gasteiger partial charge is 0.496 e. The Hall–Kier alpha value is -4.00. The van der Waals surface area contributed by atoms with E-state index in [9.17, 15) is 9.59 Å². The lowest BCUT2D eigenvalue weighted by Gasteiger charge is -2.32. The van der Waals surface area contributed by atoms with Gasteiger partial charge in [0.25, 0.3) is 5.91 Å². The van der Waals surface area contributed by atoms with Gasteiger partial charge in [0.15, 0.2) is 6.61 Å². The number of carbonyl (C=O) groups excluding carboxylic acids is 2. The maximum Gasteiger partial charge on any atom is 0.261 e. The van der Waals surface area contributed by atoms with Crippen molar-refractivity contribution in [3.05, 3.63) is 89.5 Å². The van der Waals surface area contributed by atoms with Crippen molar-refractivity contribution in [3.63, 3.8) is 0 Å². The van der Waals surface area contributed by atoms with Crippen molar-refractivity contribution < 1.29 is 23.8 Å². The number of aryl methyl sites for hydroxylation is 1. The van der Waals surface area contributed by atoms with Gasteiger partial charge in [-0.15, -0.1) is 0 Å². The Balaban J connectivity index is 1.93. The van der Waals surface area contributed by atoms with Crippen molar-refractivity contribution in [1.82, 2.24) is 10.2 Å². The Morgan fingerprint density at radius 3 is 2.11 bits per heavy atom. The van der Waals surface area contributed by atoms with Gasteiger partial charge >= 0.3 is 0 Å². The van der Waals surface area contributed by atoms with Crippen LogP contribution in [0.25, 0.3) is 0 Å². The van der Waals surface area contributed by atoms with Crippen LogP contribution >= 0.6 is 0 Å². The summed E-state index contributed by atoms with van der Waals surface area (Å²) in [4.78, 5) is 29.0. The fourth-order valence-electron chi connectivity index (χ4n) is 4.09. The number of methoxy groups -OCH3 is 2. The molecule has 38 heavy (non-hydrogen) atoms. The van der Waals surface area contributed by atoms with Gasteiger partial charge in [0.1, 0.15) is 23.3 Å². The van der Waals surface area contributed by atoms with Crippen LogP contribution < -0.4 is 19.5 Å². The molecule has 2 amide bonds. The van der Waals surface area contributed by atoms with Crippen LogP contribution in [0.4, 0.5) is 0 Å². The van der Waals surface area contributed by atoms with Crippen LogP contribution in [0.15, 0.2) is 72.8 Å². The molecule has 0 aliphatic heterocycles. The Kier molecular flexibility index (Phi) is 10.6. The molecule has 0 spiro atoms. The van der Waals surface area contributed by atoms with Crippen LogP contribution in [-0.4, -0.2) is 49.6 Å². The van der Waals surface area contributed by atoms with Crippen molar-refractivity contribution in [3.8, 4) is 17.2 Å². The lowest BCUT2D eigenvalue weighted by atomic mass is 10.0. The summed E-state index contributed by atoms with van der Waals surface area (Å²) in [5.74, 6) is 1.06. The molecular formula is C31H38N2O5. The van der Waals surface area contributed by atoms with Crippen LogP contribution in [0.5, 0.6) is 17.2 Å². The molecule has 3 aromatic rings. The van der Waals surface area contributed by atoms with E-state index in [1.54, 1.807) is 37.3 Å². The molecule has 2 atom stereocenters. The van der Waals surface area contributed by atoms with Gasteiger partial charge in [-0.1, -0.05) is 67.1 Å². The molecule has 0 aliphatic carbocycles. The highest BCUT2D eigenvalue weighted by Gasteiger charge is 2.31. The summed E-state index contributed by atoms with van der Waals surface area (Å²) in [7, 11) is 3.11. The summed E-state index contributed by atoms with van der Waals surface area (Å²) >= 11 is 0. The molecule has 0 heterocycles. The van der Waals surface area contributed by atoms with E-state index in [-0.39, 0.29) is 31.0 Å². The number of hydrogen-bond acceptors (Lipinski definition) is 5. The van der Waals surface area contributed by atoms with E-state index < -0.39 is 6.04 Å². The van der Waals surface area contributed by atoms with Gasteiger partial charge in [-0.3, -0.25) is 9.59 Å². The van der Waals surface area contributed by atoms with E-state index in [1.165, 1.54) is 0 Å². The second-order valence-electron chi connectivity index (χ2n) is 9.37. The molecule has 0 aromatic heterocycles. The predicted octanol–water partition coefficient (Wildman–Crippen LogP) is 4.95. The van der Waals surface area contributed by atoms with Gasteiger partial charge in [0, 0.05) is 37.2 Å². The first kappa shape index (κ1) is 28.6. The summed E-state index contributed by atoms with van der Waals surface area (Å²) in [5, 5.41) is 3.08. The first-order chi connectivity index (χ1) is 18.3. The van der Waals surface area contributed by atoms with Gasteiger partial charge in [-0.05, 0) is 31.4 Å². The molecule has 0 saturated heterocycles. The smallest absolute Gasteiger partial charge is 0.261 e. The van der Waals surface area contributed by atoms with Crippen molar-refractivity contribution in [2.45, 2.75) is 52.2 Å². The summed E-state index contributed by atoms with van der Waals surface area (Å²) in [6, 6.07) is 22.1. The standard InChI is InChI=1S/C31H38N2O5/c1-6-23(3)32-31(35)29(16-24-12-8-7-9-13-24)33(20-25-14-10-11-22(2)15-25)30(34)21-38-28-18-26(36-4)17-27(19-28)37-5/h7-15,17-19,23,29H,6,16,20-21H2,1-5H3,(H,32,35)/t23-,29-/m1/s1. The SMILES string of the molecule is CC[C@@H](C)NC(=O)[C@@H](Cc1ccccc1)N(Cc1cccc(C)c1)C(=O)COc1cc(OC)cc(OC)c1. The number of carbonyl (C=O) groups is 2. The molecule has 7 nitrogen and oxygen atoms in total. The first-order valence-corrected chi connectivity index (χ1v) is 12.9. The van der Waals surface area contributed by atoms with Gasteiger partial charge < -0.3 is 24.4 Å². The fraction of sp³-hybridized carbons (Fsp3) is 0.355. The summed E-state index contributed by atoms with van der Waals surface area (Å²) < 4.78 is 16.5. The van der Waals surface area contributed by atoms with Crippen LogP contribution in [-0.2, 0) is 22.6 Å². The van der Waals surface area contributed by atoms with E-state index in [4.69, 9.17) is 14.2 Å². The molecule has 0 aliphatic rings. The van der Waals surface area contributed by atoms with E-state index >= 15 is 0 Å². The van der Waals surface area contributed by atoms with Gasteiger partial charge in [-0.25, -0.2) is 0 Å². The topological polar surface area (TPSA) is 77.1 Å². The second-order valence-corrected chi connectivity index (χ2v) is 9.37. The molecule has 202 valence electrons. The zero-order valence-electron chi connectivity index (χ0n) is 22.9. The summed E-state index contributed by atoms with van der Waals surface area (Å²) in [6.45, 7) is 6.01. The first-order valence-electron chi connectivity index (χ1n) is 12.9. The summed E-state index contributed by atoms with van der Waals surface area (Å²) in [5.41, 5.74) is 2.99. The highest BCUT2D eigenvalue weighted by atomic mass is 16.5. The van der Waals surface area contributed by atoms with E-state index in [0.717, 1.165) is 23.1 Å². The number of rotatable bonds is 13. The molecule has 1 N–H and O–H groups in total. The molecule has 3 aromatic carbocycles. The number of ether oxygens (including phenoxy) is 3. The van der Waals surface area contributed by atoms with E-state index in [0.29, 0.717) is 23.7 Å². The van der Waals surface area contributed by atoms with Crippen LogP contribution in [0.2, 0.25) is 0 Å². The zero-order valence-corrected chi connectivity index (χ0v) is 22.9. The Labute approximate surface area is 225 Å². The quantitative estimate of drug-likeness (QED) is 0.347. The lowest BCUT2D eigenvalue weighted by Crippen LogP contribution is -2.53.